The molecule has 0 radical (unpaired) electrons. The van der Waals surface area contributed by atoms with Gasteiger partial charge in [-0.25, -0.2) is 4.39 Å². The molecule has 1 unspecified atom stereocenters. The first-order chi connectivity index (χ1) is 10.5. The standard InChI is InChI=1S/C16H19ClFNO3/c17-13-9-11(1-2-14(13)18)15(21)19-6-4-16(5-7-19)10-12(20)3-8-22-16/h1-2,9,12,20H,3-8,10H2. The van der Waals surface area contributed by atoms with E-state index in [-0.39, 0.29) is 22.6 Å². The van der Waals surface area contributed by atoms with Gasteiger partial charge in [0.1, 0.15) is 5.82 Å². The van der Waals surface area contributed by atoms with E-state index in [2.05, 4.69) is 0 Å². The van der Waals surface area contributed by atoms with Crippen LogP contribution in [0.2, 0.25) is 5.02 Å². The van der Waals surface area contributed by atoms with Crippen molar-refractivity contribution in [3.05, 3.63) is 34.6 Å². The molecule has 1 spiro atoms. The van der Waals surface area contributed by atoms with Crippen LogP contribution in [0.3, 0.4) is 0 Å². The predicted molar refractivity (Wildman–Crippen MR) is 80.5 cm³/mol. The molecule has 2 saturated heterocycles. The molecular formula is C16H19ClFNO3. The fraction of sp³-hybridized carbons (Fsp3) is 0.562. The van der Waals surface area contributed by atoms with Gasteiger partial charge in [-0.3, -0.25) is 4.79 Å². The summed E-state index contributed by atoms with van der Waals surface area (Å²) in [5.74, 6) is -0.673. The highest BCUT2D eigenvalue weighted by molar-refractivity contribution is 6.31. The Kier molecular flexibility index (Phi) is 4.39. The second kappa shape index (κ2) is 6.14. The molecular weight excluding hydrogens is 309 g/mol. The number of likely N-dealkylation sites (tertiary alicyclic amines) is 1. The van der Waals surface area contributed by atoms with Crippen molar-refractivity contribution >= 4 is 17.5 Å². The van der Waals surface area contributed by atoms with Crippen molar-refractivity contribution in [2.75, 3.05) is 19.7 Å². The maximum Gasteiger partial charge on any atom is 0.253 e. The number of aliphatic hydroxyl groups is 1. The van der Waals surface area contributed by atoms with Crippen molar-refractivity contribution in [2.24, 2.45) is 0 Å². The molecule has 120 valence electrons. The fourth-order valence-electron chi connectivity index (χ4n) is 3.28. The van der Waals surface area contributed by atoms with Gasteiger partial charge in [-0.15, -0.1) is 0 Å². The Bertz CT molecular complexity index is 573. The van der Waals surface area contributed by atoms with Crippen LogP contribution >= 0.6 is 11.6 Å². The van der Waals surface area contributed by atoms with Crippen molar-refractivity contribution in [3.63, 3.8) is 0 Å². The number of piperidine rings is 1. The Hall–Kier alpha value is -1.17. The first kappa shape index (κ1) is 15.7. The zero-order valence-electron chi connectivity index (χ0n) is 12.2. The van der Waals surface area contributed by atoms with E-state index in [9.17, 15) is 14.3 Å². The summed E-state index contributed by atoms with van der Waals surface area (Å²) in [6.07, 6.45) is 2.43. The number of hydrogen-bond donors (Lipinski definition) is 1. The van der Waals surface area contributed by atoms with Gasteiger partial charge in [0.25, 0.3) is 5.91 Å². The molecule has 2 aliphatic rings. The number of rotatable bonds is 1. The third-order valence-electron chi connectivity index (χ3n) is 4.60. The Balaban J connectivity index is 1.65. The lowest BCUT2D eigenvalue weighted by molar-refractivity contribution is -0.139. The number of carbonyl (C=O) groups excluding carboxylic acids is 1. The molecule has 1 N–H and O–H groups in total. The summed E-state index contributed by atoms with van der Waals surface area (Å²) < 4.78 is 19.1. The summed E-state index contributed by atoms with van der Waals surface area (Å²) in [5.41, 5.74) is 0.0986. The second-order valence-corrected chi connectivity index (χ2v) is 6.51. The lowest BCUT2D eigenvalue weighted by Gasteiger charge is -2.45. The number of benzene rings is 1. The molecule has 0 bridgehead atoms. The number of amides is 1. The zero-order valence-corrected chi connectivity index (χ0v) is 13.0. The Morgan fingerprint density at radius 3 is 2.77 bits per heavy atom. The largest absolute Gasteiger partial charge is 0.393 e. The quantitative estimate of drug-likeness (QED) is 0.862. The first-order valence-corrected chi connectivity index (χ1v) is 7.93. The highest BCUT2D eigenvalue weighted by Crippen LogP contribution is 2.35. The Morgan fingerprint density at radius 1 is 1.41 bits per heavy atom. The Labute approximate surface area is 133 Å². The van der Waals surface area contributed by atoms with Crippen LogP contribution in [0.25, 0.3) is 0 Å². The third kappa shape index (κ3) is 3.12. The number of carbonyl (C=O) groups is 1. The topological polar surface area (TPSA) is 49.8 Å². The molecule has 1 aromatic rings. The summed E-state index contributed by atoms with van der Waals surface area (Å²) in [6, 6.07) is 4.03. The van der Waals surface area contributed by atoms with E-state index in [1.165, 1.54) is 18.2 Å². The molecule has 0 aliphatic carbocycles. The van der Waals surface area contributed by atoms with Crippen LogP contribution in [-0.4, -0.2) is 47.3 Å². The predicted octanol–water partition coefficient (Wildman–Crippen LogP) is 2.63. The molecule has 22 heavy (non-hydrogen) atoms. The zero-order chi connectivity index (χ0) is 15.7. The van der Waals surface area contributed by atoms with Crippen LogP contribution in [-0.2, 0) is 4.74 Å². The molecule has 2 fully saturated rings. The minimum Gasteiger partial charge on any atom is -0.393 e. The molecule has 4 nitrogen and oxygen atoms in total. The van der Waals surface area contributed by atoms with E-state index in [0.717, 1.165) is 0 Å². The molecule has 0 saturated carbocycles. The summed E-state index contributed by atoms with van der Waals surface area (Å²) >= 11 is 5.74. The average molecular weight is 328 g/mol. The van der Waals surface area contributed by atoms with Gasteiger partial charge in [0, 0.05) is 31.7 Å². The maximum atomic E-state index is 13.2. The monoisotopic (exact) mass is 327 g/mol. The van der Waals surface area contributed by atoms with Gasteiger partial charge in [0.2, 0.25) is 0 Å². The summed E-state index contributed by atoms with van der Waals surface area (Å²) in [7, 11) is 0. The second-order valence-electron chi connectivity index (χ2n) is 6.10. The molecule has 2 heterocycles. The third-order valence-corrected chi connectivity index (χ3v) is 4.89. The van der Waals surface area contributed by atoms with E-state index in [0.29, 0.717) is 50.9 Å². The SMILES string of the molecule is O=C(c1ccc(F)c(Cl)c1)N1CCC2(CC1)CC(O)CCO2. The van der Waals surface area contributed by atoms with E-state index in [1.807, 2.05) is 0 Å². The Morgan fingerprint density at radius 2 is 2.14 bits per heavy atom. The minimum atomic E-state index is -0.527. The lowest BCUT2D eigenvalue weighted by Crippen LogP contribution is -2.51. The van der Waals surface area contributed by atoms with Gasteiger partial charge in [0.15, 0.2) is 0 Å². The van der Waals surface area contributed by atoms with Crippen LogP contribution in [0.5, 0.6) is 0 Å². The van der Waals surface area contributed by atoms with Gasteiger partial charge >= 0.3 is 0 Å². The number of nitrogens with zero attached hydrogens (tertiary/aromatic N) is 1. The smallest absolute Gasteiger partial charge is 0.253 e. The van der Waals surface area contributed by atoms with Gasteiger partial charge < -0.3 is 14.7 Å². The van der Waals surface area contributed by atoms with Crippen LogP contribution < -0.4 is 0 Å². The van der Waals surface area contributed by atoms with Crippen LogP contribution in [0.4, 0.5) is 4.39 Å². The van der Waals surface area contributed by atoms with Gasteiger partial charge in [-0.1, -0.05) is 11.6 Å². The molecule has 1 amide bonds. The maximum absolute atomic E-state index is 13.2. The van der Waals surface area contributed by atoms with E-state index >= 15 is 0 Å². The first-order valence-electron chi connectivity index (χ1n) is 7.55. The normalized spacial score (nSPS) is 24.5. The van der Waals surface area contributed by atoms with Crippen molar-refractivity contribution in [3.8, 4) is 0 Å². The molecule has 3 rings (SSSR count). The van der Waals surface area contributed by atoms with Crippen LogP contribution in [0.15, 0.2) is 18.2 Å². The lowest BCUT2D eigenvalue weighted by atomic mass is 9.83. The van der Waals surface area contributed by atoms with Crippen molar-refractivity contribution < 1.29 is 19.0 Å². The van der Waals surface area contributed by atoms with Gasteiger partial charge in [-0.05, 0) is 37.5 Å². The van der Waals surface area contributed by atoms with Crippen LogP contribution in [0.1, 0.15) is 36.0 Å². The van der Waals surface area contributed by atoms with Crippen LogP contribution in [0, 0.1) is 5.82 Å². The average Bonchev–Trinajstić information content (AvgIpc) is 2.50. The molecule has 6 heteroatoms. The molecule has 1 atom stereocenters. The molecule has 1 aromatic carbocycles. The molecule has 2 aliphatic heterocycles. The van der Waals surface area contributed by atoms with Gasteiger partial charge in [0.05, 0.1) is 16.7 Å². The van der Waals surface area contributed by atoms with Gasteiger partial charge in [-0.2, -0.15) is 0 Å². The fourth-order valence-corrected chi connectivity index (χ4v) is 3.46. The van der Waals surface area contributed by atoms with Crippen molar-refractivity contribution in [1.82, 2.24) is 4.90 Å². The minimum absolute atomic E-state index is 0.0435. The van der Waals surface area contributed by atoms with E-state index in [1.54, 1.807) is 4.90 Å². The van der Waals surface area contributed by atoms with E-state index < -0.39 is 5.82 Å². The molecule has 0 aromatic heterocycles. The van der Waals surface area contributed by atoms with Crippen molar-refractivity contribution in [1.29, 1.82) is 0 Å². The highest BCUT2D eigenvalue weighted by atomic mass is 35.5. The van der Waals surface area contributed by atoms with Crippen molar-refractivity contribution in [2.45, 2.75) is 37.4 Å². The number of ether oxygens (including phenoxy) is 1. The van der Waals surface area contributed by atoms with E-state index in [4.69, 9.17) is 16.3 Å². The summed E-state index contributed by atoms with van der Waals surface area (Å²) in [5, 5.41) is 9.78. The summed E-state index contributed by atoms with van der Waals surface area (Å²) in [6.45, 7) is 1.71. The highest BCUT2D eigenvalue weighted by Gasteiger charge is 2.40. The number of hydrogen-bond acceptors (Lipinski definition) is 3. The number of halogens is 2. The summed E-state index contributed by atoms with van der Waals surface area (Å²) in [4.78, 5) is 14.2. The number of aliphatic hydroxyl groups excluding tert-OH is 1.